The van der Waals surface area contributed by atoms with Crippen LogP contribution in [-0.4, -0.2) is 36.2 Å². The first-order valence-electron chi connectivity index (χ1n) is 6.88. The maximum atomic E-state index is 13.0. The zero-order chi connectivity index (χ0) is 13.8. The van der Waals surface area contributed by atoms with Crippen LogP contribution >= 0.6 is 0 Å². The molecule has 0 aliphatic heterocycles. The molecular weight excluding hydrogens is 241 g/mol. The SMILES string of the molecule is CC(C)CCN(C1CCCC1)C(CN)C(F)(F)F. The van der Waals surface area contributed by atoms with Crippen LogP contribution in [0.5, 0.6) is 0 Å². The second kappa shape index (κ2) is 6.75. The maximum absolute atomic E-state index is 13.0. The molecule has 1 atom stereocenters. The highest BCUT2D eigenvalue weighted by molar-refractivity contribution is 4.87. The van der Waals surface area contributed by atoms with Gasteiger partial charge < -0.3 is 5.73 Å². The number of nitrogens with two attached hydrogens (primary N) is 1. The summed E-state index contributed by atoms with van der Waals surface area (Å²) in [6.07, 6.45) is 0.419. The quantitative estimate of drug-likeness (QED) is 0.800. The molecule has 1 saturated carbocycles. The summed E-state index contributed by atoms with van der Waals surface area (Å²) in [6, 6.07) is -1.40. The van der Waals surface area contributed by atoms with Crippen LogP contribution in [0.15, 0.2) is 0 Å². The molecule has 0 heterocycles. The molecule has 0 amide bonds. The van der Waals surface area contributed by atoms with E-state index in [1.165, 1.54) is 0 Å². The molecule has 0 aromatic carbocycles. The Morgan fingerprint density at radius 1 is 1.22 bits per heavy atom. The molecular formula is C13H25F3N2. The van der Waals surface area contributed by atoms with Gasteiger partial charge in [0, 0.05) is 12.6 Å². The van der Waals surface area contributed by atoms with Crippen LogP contribution in [0.25, 0.3) is 0 Å². The molecule has 1 rings (SSSR count). The summed E-state index contributed by atoms with van der Waals surface area (Å²) in [6.45, 7) is 4.25. The van der Waals surface area contributed by atoms with Crippen LogP contribution in [0, 0.1) is 5.92 Å². The highest BCUT2D eigenvalue weighted by Gasteiger charge is 2.44. The first kappa shape index (κ1) is 15.8. The summed E-state index contributed by atoms with van der Waals surface area (Å²) in [5.41, 5.74) is 5.37. The molecule has 18 heavy (non-hydrogen) atoms. The minimum absolute atomic E-state index is 0.0684. The van der Waals surface area contributed by atoms with Crippen molar-refractivity contribution in [1.29, 1.82) is 0 Å². The van der Waals surface area contributed by atoms with Gasteiger partial charge in [0.15, 0.2) is 0 Å². The van der Waals surface area contributed by atoms with E-state index in [9.17, 15) is 13.2 Å². The van der Waals surface area contributed by atoms with Crippen molar-refractivity contribution in [3.8, 4) is 0 Å². The van der Waals surface area contributed by atoms with E-state index in [0.29, 0.717) is 12.5 Å². The lowest BCUT2D eigenvalue weighted by atomic mass is 10.1. The zero-order valence-corrected chi connectivity index (χ0v) is 11.3. The molecule has 5 heteroatoms. The average Bonchev–Trinajstić information content (AvgIpc) is 2.74. The van der Waals surface area contributed by atoms with Gasteiger partial charge in [-0.15, -0.1) is 0 Å². The molecule has 1 unspecified atom stereocenters. The maximum Gasteiger partial charge on any atom is 0.405 e. The van der Waals surface area contributed by atoms with Crippen molar-refractivity contribution in [2.75, 3.05) is 13.1 Å². The van der Waals surface area contributed by atoms with E-state index in [1.54, 1.807) is 4.90 Å². The van der Waals surface area contributed by atoms with Crippen molar-refractivity contribution in [3.05, 3.63) is 0 Å². The van der Waals surface area contributed by atoms with Gasteiger partial charge in [0.2, 0.25) is 0 Å². The first-order valence-corrected chi connectivity index (χ1v) is 6.88. The van der Waals surface area contributed by atoms with Gasteiger partial charge in [-0.25, -0.2) is 0 Å². The van der Waals surface area contributed by atoms with E-state index in [2.05, 4.69) is 0 Å². The normalized spacial score (nSPS) is 20.0. The van der Waals surface area contributed by atoms with Gasteiger partial charge in [0.05, 0.1) is 0 Å². The molecule has 0 saturated heterocycles. The Labute approximate surface area is 108 Å². The Hall–Kier alpha value is -0.290. The highest BCUT2D eigenvalue weighted by atomic mass is 19.4. The van der Waals surface area contributed by atoms with Gasteiger partial charge in [-0.3, -0.25) is 4.90 Å². The Morgan fingerprint density at radius 2 is 1.78 bits per heavy atom. The van der Waals surface area contributed by atoms with Crippen molar-refractivity contribution in [3.63, 3.8) is 0 Å². The molecule has 2 N–H and O–H groups in total. The van der Waals surface area contributed by atoms with E-state index in [4.69, 9.17) is 5.73 Å². The second-order valence-electron chi connectivity index (χ2n) is 5.65. The lowest BCUT2D eigenvalue weighted by molar-refractivity contribution is -0.187. The Kier molecular flexibility index (Phi) is 5.92. The molecule has 1 aliphatic carbocycles. The van der Waals surface area contributed by atoms with E-state index >= 15 is 0 Å². The smallest absolute Gasteiger partial charge is 0.329 e. The highest BCUT2D eigenvalue weighted by Crippen LogP contribution is 2.31. The van der Waals surface area contributed by atoms with Gasteiger partial charge >= 0.3 is 6.18 Å². The predicted octanol–water partition coefficient (Wildman–Crippen LogP) is 3.17. The van der Waals surface area contributed by atoms with E-state index < -0.39 is 12.2 Å². The average molecular weight is 266 g/mol. The summed E-state index contributed by atoms with van der Waals surface area (Å²) in [4.78, 5) is 1.62. The molecule has 1 fully saturated rings. The summed E-state index contributed by atoms with van der Waals surface area (Å²) in [5, 5.41) is 0. The van der Waals surface area contributed by atoms with Crippen LogP contribution < -0.4 is 5.73 Å². The molecule has 1 aliphatic rings. The van der Waals surface area contributed by atoms with Gasteiger partial charge in [-0.05, 0) is 31.7 Å². The predicted molar refractivity (Wildman–Crippen MR) is 67.3 cm³/mol. The van der Waals surface area contributed by atoms with E-state index in [1.807, 2.05) is 13.8 Å². The number of hydrogen-bond acceptors (Lipinski definition) is 2. The second-order valence-corrected chi connectivity index (χ2v) is 5.65. The van der Waals surface area contributed by atoms with Crippen LogP contribution in [0.2, 0.25) is 0 Å². The molecule has 0 spiro atoms. The number of rotatable bonds is 6. The van der Waals surface area contributed by atoms with Crippen LogP contribution in [0.1, 0.15) is 46.0 Å². The molecule has 108 valence electrons. The summed E-state index contributed by atoms with van der Waals surface area (Å²) < 4.78 is 39.1. The van der Waals surface area contributed by atoms with E-state index in [0.717, 1.165) is 32.1 Å². The molecule has 0 radical (unpaired) electrons. The standard InChI is InChI=1S/C13H25F3N2/c1-10(2)7-8-18(11-5-3-4-6-11)12(9-17)13(14,15)16/h10-12H,3-9,17H2,1-2H3. The van der Waals surface area contributed by atoms with Gasteiger partial charge in [0.25, 0.3) is 0 Å². The first-order chi connectivity index (χ1) is 8.36. The summed E-state index contributed by atoms with van der Waals surface area (Å²) in [5.74, 6) is 0.417. The fourth-order valence-corrected chi connectivity index (χ4v) is 2.69. The van der Waals surface area contributed by atoms with Crippen molar-refractivity contribution in [2.24, 2.45) is 11.7 Å². The van der Waals surface area contributed by atoms with Crippen LogP contribution in [0.3, 0.4) is 0 Å². The Morgan fingerprint density at radius 3 is 2.17 bits per heavy atom. The van der Waals surface area contributed by atoms with E-state index in [-0.39, 0.29) is 12.6 Å². The Balaban J connectivity index is 2.73. The van der Waals surface area contributed by atoms with Crippen molar-refractivity contribution >= 4 is 0 Å². The molecule has 0 bridgehead atoms. The molecule has 0 aromatic rings. The summed E-state index contributed by atoms with van der Waals surface area (Å²) in [7, 11) is 0. The van der Waals surface area contributed by atoms with Gasteiger partial charge in [0.1, 0.15) is 6.04 Å². The minimum Gasteiger partial charge on any atom is -0.329 e. The lowest BCUT2D eigenvalue weighted by Gasteiger charge is -2.37. The number of nitrogens with zero attached hydrogens (tertiary/aromatic N) is 1. The zero-order valence-electron chi connectivity index (χ0n) is 11.3. The fraction of sp³-hybridized carbons (Fsp3) is 1.00. The third-order valence-corrected chi connectivity index (χ3v) is 3.76. The molecule has 0 aromatic heterocycles. The minimum atomic E-state index is -4.21. The number of halogens is 3. The topological polar surface area (TPSA) is 29.3 Å². The monoisotopic (exact) mass is 266 g/mol. The molecule has 2 nitrogen and oxygen atoms in total. The third-order valence-electron chi connectivity index (χ3n) is 3.76. The number of hydrogen-bond donors (Lipinski definition) is 1. The van der Waals surface area contributed by atoms with Crippen molar-refractivity contribution in [1.82, 2.24) is 4.90 Å². The van der Waals surface area contributed by atoms with Crippen molar-refractivity contribution in [2.45, 2.75) is 64.2 Å². The largest absolute Gasteiger partial charge is 0.405 e. The fourth-order valence-electron chi connectivity index (χ4n) is 2.69. The Bertz CT molecular complexity index is 235. The number of alkyl halides is 3. The third kappa shape index (κ3) is 4.43. The lowest BCUT2D eigenvalue weighted by Crippen LogP contribution is -2.54. The van der Waals surface area contributed by atoms with Gasteiger partial charge in [-0.2, -0.15) is 13.2 Å². The van der Waals surface area contributed by atoms with Gasteiger partial charge in [-0.1, -0.05) is 26.7 Å². The summed E-state index contributed by atoms with van der Waals surface area (Å²) >= 11 is 0. The van der Waals surface area contributed by atoms with Crippen LogP contribution in [0.4, 0.5) is 13.2 Å². The van der Waals surface area contributed by atoms with Crippen LogP contribution in [-0.2, 0) is 0 Å². The van der Waals surface area contributed by atoms with Crippen molar-refractivity contribution < 1.29 is 13.2 Å².